The molecule has 0 spiro atoms. The molecule has 0 aliphatic heterocycles. The van der Waals surface area contributed by atoms with Gasteiger partial charge in [-0.1, -0.05) is 0 Å². The van der Waals surface area contributed by atoms with Crippen LogP contribution in [0.4, 0.5) is 0 Å². The SMILES string of the molecule is CC(=O)/C=[CH]\[Sn]([CH2][Si](C)(C)c1ccccc1)([CH2][Si](C)(C)c1ccccc1)[CH2][Si](C)(C)c1ccccc1. The molecule has 0 unspecified atom stereocenters. The van der Waals surface area contributed by atoms with Gasteiger partial charge in [-0.3, -0.25) is 0 Å². The van der Waals surface area contributed by atoms with Gasteiger partial charge in [-0.2, -0.15) is 0 Å². The maximum atomic E-state index is 12.4. The normalized spacial score (nSPS) is 13.2. The van der Waals surface area contributed by atoms with Gasteiger partial charge in [0.05, 0.1) is 0 Å². The maximum absolute atomic E-state index is 12.4. The standard InChI is InChI=1S/3C9H13Si.C4H5O.Sn/c3*1-10(2,3)9-7-5-4-6-8-9;1-3-4(2)5;/h3*4-8H,1H2,2-3H3;1,3H,2H3;. The fourth-order valence-electron chi connectivity index (χ4n) is 6.27. The van der Waals surface area contributed by atoms with Gasteiger partial charge < -0.3 is 0 Å². The van der Waals surface area contributed by atoms with Crippen LogP contribution in [0, 0.1) is 0 Å². The second-order valence-corrected chi connectivity index (χ2v) is 44.5. The molecule has 190 valence electrons. The summed E-state index contributed by atoms with van der Waals surface area (Å²) < 4.78 is 6.66. The summed E-state index contributed by atoms with van der Waals surface area (Å²) in [6.07, 6.45) is 1.98. The summed E-state index contributed by atoms with van der Waals surface area (Å²) in [5, 5.41) is 4.67. The molecule has 3 rings (SSSR count). The minimum absolute atomic E-state index is 0.202. The molecule has 0 atom stereocenters. The Balaban J connectivity index is 2.16. The van der Waals surface area contributed by atoms with Gasteiger partial charge >= 0.3 is 228 Å². The minimum atomic E-state index is -3.06. The average Bonchev–Trinajstić information content (AvgIpc) is 2.84. The number of carbonyl (C=O) groups is 1. The fourth-order valence-corrected chi connectivity index (χ4v) is 82.1. The monoisotopic (exact) mass is 636 g/mol. The molecular weight excluding hydrogens is 591 g/mol. The number of ketones is 1. The molecule has 0 fully saturated rings. The number of hydrogen-bond donors (Lipinski definition) is 0. The molecule has 36 heavy (non-hydrogen) atoms. The summed E-state index contributed by atoms with van der Waals surface area (Å²) in [5.41, 5.74) is 0. The Morgan fingerprint density at radius 1 is 0.583 bits per heavy atom. The van der Waals surface area contributed by atoms with Crippen LogP contribution in [0.25, 0.3) is 0 Å². The summed E-state index contributed by atoms with van der Waals surface area (Å²) in [6.45, 7) is 17.2. The van der Waals surface area contributed by atoms with Crippen molar-refractivity contribution < 1.29 is 4.79 Å². The van der Waals surface area contributed by atoms with Gasteiger partial charge in [0.15, 0.2) is 0 Å². The average molecular weight is 636 g/mol. The summed E-state index contributed by atoms with van der Waals surface area (Å²) in [7, 11) is -5.14. The summed E-state index contributed by atoms with van der Waals surface area (Å²) in [5.74, 6) is 0.202. The van der Waals surface area contributed by atoms with Crippen LogP contribution in [0.3, 0.4) is 0 Å². The van der Waals surface area contributed by atoms with Crippen molar-refractivity contribution in [2.75, 3.05) is 0 Å². The van der Waals surface area contributed by atoms with E-state index in [0.717, 1.165) is 0 Å². The van der Waals surface area contributed by atoms with E-state index in [2.05, 4.69) is 134 Å². The fraction of sp³-hybridized carbons (Fsp3) is 0.323. The molecular formula is C31H44OSi3Sn. The van der Waals surface area contributed by atoms with E-state index in [1.807, 2.05) is 6.08 Å². The molecule has 0 amide bonds. The van der Waals surface area contributed by atoms with Gasteiger partial charge in [-0.15, -0.1) is 0 Å². The first kappa shape index (κ1) is 29.1. The quantitative estimate of drug-likeness (QED) is 0.172. The topological polar surface area (TPSA) is 17.1 Å². The van der Waals surface area contributed by atoms with Crippen LogP contribution in [0.15, 0.2) is 101 Å². The molecule has 0 radical (unpaired) electrons. The van der Waals surface area contributed by atoms with E-state index in [9.17, 15) is 4.79 Å². The Morgan fingerprint density at radius 3 is 1.11 bits per heavy atom. The van der Waals surface area contributed by atoms with Crippen molar-refractivity contribution in [2.24, 2.45) is 0 Å². The van der Waals surface area contributed by atoms with Crippen molar-refractivity contribution in [3.05, 3.63) is 101 Å². The molecule has 0 saturated heterocycles. The predicted octanol–water partition coefficient (Wildman–Crippen LogP) is 6.58. The van der Waals surface area contributed by atoms with Crippen LogP contribution in [0.5, 0.6) is 0 Å². The number of benzene rings is 3. The zero-order chi connectivity index (χ0) is 26.5. The first-order chi connectivity index (χ1) is 16.9. The molecule has 5 heteroatoms. The summed E-state index contributed by atoms with van der Waals surface area (Å²) >= 11 is -3.06. The van der Waals surface area contributed by atoms with Crippen molar-refractivity contribution in [2.45, 2.75) is 58.4 Å². The first-order valence-electron chi connectivity index (χ1n) is 13.2. The van der Waals surface area contributed by atoms with E-state index in [1.165, 1.54) is 12.2 Å². The van der Waals surface area contributed by atoms with E-state index >= 15 is 0 Å². The molecule has 0 saturated carbocycles. The number of rotatable bonds is 11. The number of hydrogen-bond acceptors (Lipinski definition) is 1. The molecule has 0 heterocycles. The molecule has 1 nitrogen and oxygen atoms in total. The molecule has 0 aliphatic carbocycles. The summed E-state index contributed by atoms with van der Waals surface area (Å²) in [6, 6.07) is 33.8. The Bertz CT molecular complexity index is 1030. The van der Waals surface area contributed by atoms with Crippen LogP contribution in [0.2, 0.25) is 51.5 Å². The molecule has 3 aromatic carbocycles. The second-order valence-electron chi connectivity index (χ2n) is 12.6. The van der Waals surface area contributed by atoms with E-state index in [-0.39, 0.29) is 5.78 Å². The van der Waals surface area contributed by atoms with Crippen molar-refractivity contribution in [1.82, 2.24) is 0 Å². The van der Waals surface area contributed by atoms with Gasteiger partial charge in [0.2, 0.25) is 0 Å². The molecule has 0 aromatic heterocycles. The zero-order valence-electron chi connectivity index (χ0n) is 23.3. The van der Waals surface area contributed by atoms with Crippen LogP contribution in [-0.4, -0.2) is 48.4 Å². The van der Waals surface area contributed by atoms with E-state index in [4.69, 9.17) is 0 Å². The number of carbonyl (C=O) groups excluding carboxylic acids is 1. The van der Waals surface area contributed by atoms with Gasteiger partial charge in [-0.05, 0) is 0 Å². The van der Waals surface area contributed by atoms with Gasteiger partial charge in [0.25, 0.3) is 0 Å². The van der Waals surface area contributed by atoms with Crippen molar-refractivity contribution >= 4 is 63.9 Å². The third kappa shape index (κ3) is 7.76. The first-order valence-corrected chi connectivity index (χ1v) is 30.5. The third-order valence-electron chi connectivity index (χ3n) is 7.72. The molecule has 0 N–H and O–H groups in total. The van der Waals surface area contributed by atoms with E-state index < -0.39 is 42.6 Å². The Kier molecular flexibility index (Phi) is 9.63. The Hall–Kier alpha value is -1.48. The molecule has 0 bridgehead atoms. The van der Waals surface area contributed by atoms with Crippen LogP contribution < -0.4 is 15.6 Å². The zero-order valence-corrected chi connectivity index (χ0v) is 29.2. The number of allylic oxidation sites excluding steroid dienone is 1. The molecule has 0 aliphatic rings. The van der Waals surface area contributed by atoms with Crippen molar-refractivity contribution in [1.29, 1.82) is 0 Å². The second kappa shape index (κ2) is 11.9. The Morgan fingerprint density at radius 2 is 0.861 bits per heavy atom. The van der Waals surface area contributed by atoms with E-state index in [0.29, 0.717) is 0 Å². The van der Waals surface area contributed by atoms with Crippen LogP contribution in [0.1, 0.15) is 6.92 Å². The molecule has 3 aromatic rings. The van der Waals surface area contributed by atoms with Gasteiger partial charge in [0, 0.05) is 0 Å². The van der Waals surface area contributed by atoms with Crippen LogP contribution in [-0.2, 0) is 4.79 Å². The van der Waals surface area contributed by atoms with Crippen molar-refractivity contribution in [3.63, 3.8) is 0 Å². The summed E-state index contributed by atoms with van der Waals surface area (Å²) in [4.78, 5) is 12.4. The van der Waals surface area contributed by atoms with E-state index in [1.54, 1.807) is 22.5 Å². The van der Waals surface area contributed by atoms with Gasteiger partial charge in [-0.25, -0.2) is 0 Å². The van der Waals surface area contributed by atoms with Crippen LogP contribution >= 0.6 is 0 Å². The predicted molar refractivity (Wildman–Crippen MR) is 171 cm³/mol. The van der Waals surface area contributed by atoms with Crippen molar-refractivity contribution in [3.8, 4) is 0 Å². The van der Waals surface area contributed by atoms with Gasteiger partial charge in [0.1, 0.15) is 0 Å². The Labute approximate surface area is 227 Å². The third-order valence-corrected chi connectivity index (χ3v) is 61.5.